The Labute approximate surface area is 702 Å². The number of unbranched alkanes of at least 4 members (excludes halogenated alkanes) is 2. The van der Waals surface area contributed by atoms with Crippen molar-refractivity contribution < 1.29 is 105 Å². The van der Waals surface area contributed by atoms with Crippen molar-refractivity contribution in [2.24, 2.45) is 40.6 Å². The molecule has 3 aromatic heterocycles. The number of cyclic esters (lactones) is 2. The summed E-state index contributed by atoms with van der Waals surface area (Å²) in [4.78, 5) is 130. The summed E-state index contributed by atoms with van der Waals surface area (Å²) in [5.74, 6) is -8.56. The number of amides is 2. The lowest BCUT2D eigenvalue weighted by Gasteiger charge is -2.47. The number of pyridine rings is 2. The zero-order valence-corrected chi connectivity index (χ0v) is 73.6. The van der Waals surface area contributed by atoms with E-state index in [1.165, 1.54) is 37.9 Å². The number of aryl methyl sites for hydroxylation is 1. The number of hydrogen-bond acceptors (Lipinski definition) is 29. The van der Waals surface area contributed by atoms with Crippen LogP contribution in [-0.4, -0.2) is 283 Å². The van der Waals surface area contributed by atoms with Crippen molar-refractivity contribution in [3.63, 3.8) is 0 Å². The number of methoxy groups -OCH3 is 2. The number of fused-ring (bicyclic) bond motifs is 2. The van der Waals surface area contributed by atoms with E-state index in [4.69, 9.17) is 70.8 Å². The van der Waals surface area contributed by atoms with Crippen LogP contribution in [0.3, 0.4) is 0 Å². The second-order valence-corrected chi connectivity index (χ2v) is 34.5. The van der Waals surface area contributed by atoms with E-state index in [2.05, 4.69) is 36.2 Å². The highest BCUT2D eigenvalue weighted by atomic mass is 19.1. The van der Waals surface area contributed by atoms with Crippen LogP contribution in [0.2, 0.25) is 0 Å². The number of alkyl halides is 2. The van der Waals surface area contributed by atoms with Gasteiger partial charge in [0.1, 0.15) is 59.0 Å². The number of rotatable bonds is 21. The van der Waals surface area contributed by atoms with Crippen molar-refractivity contribution in [3.8, 4) is 23.7 Å². The van der Waals surface area contributed by atoms with E-state index in [1.54, 1.807) is 117 Å². The molecular formula is C84H128F2N14O20. The average molecular weight is 1690 g/mol. The molecule has 120 heavy (non-hydrogen) atoms. The zero-order chi connectivity index (χ0) is 89.8. The number of likely N-dealkylation sites (N-methyl/N-ethyl adjacent to an activating group) is 2. The third-order valence-electron chi connectivity index (χ3n) is 24.9. The number of esters is 2. The summed E-state index contributed by atoms with van der Waals surface area (Å²) in [5.41, 5.74) is 9.02. The first-order valence-electron chi connectivity index (χ1n) is 41.3. The molecule has 6 fully saturated rings. The number of ether oxygens (including phenoxy) is 10. The molecule has 0 aromatic carbocycles. The van der Waals surface area contributed by atoms with E-state index in [0.717, 1.165) is 13.8 Å². The fourth-order valence-corrected chi connectivity index (χ4v) is 18.1. The van der Waals surface area contributed by atoms with E-state index < -0.39 is 166 Å². The molecule has 0 saturated carbocycles. The first-order chi connectivity index (χ1) is 56.1. The molecule has 9 rings (SSSR count). The second-order valence-electron chi connectivity index (χ2n) is 34.5. The largest absolute Gasteiger partial charge is 0.455 e. The topological polar surface area (TPSA) is 440 Å². The van der Waals surface area contributed by atoms with Gasteiger partial charge >= 0.3 is 24.1 Å². The number of aliphatic hydroxyl groups is 2. The standard InChI is InChI=1S/C42H64FN7O10.C35H58FN5O10.C7H6N2/c1-12-30-42(8)34(50(39(55)60-42)19-14-13-18-49-22-28(46-47-49)27-16-15-17-31(44)45-27)25(4)32(51)23(2)21-40(6,56-11)36(26(5)35(53)41(7,43)38(54)58-30)59-37-33(52)29(48(9)10)20-24(3)57-37;1-12-24-35(8)27(41(32(46)51-35)16-14-13-15-38-39-37)21(4)25(42)19(2)18-33(6,47-11)29(22(5)28(44)34(7,36)31(45)49-24)50-30-26(43)23(40(9)10)17-20(3)48-30;1-2-6-4-3-5-7(8)9-6/h15-17,22-26,29-30,33-34,36-37,52H,12-14,18-21H2,1-11H3,(H2,44,45);19-24,26-27,29-30,43H,12-18H2,1-11H3;1,3-5H,(H2,8,9)/t23-,24?,25+,26+,29?,30-,33?,34-,36-,37?,40+,41+,42-;19-,20?,21+,22+,23?,24-,26?,27-,29-,30?,33+,34+,35-;/m11./s1. The molecule has 9 heterocycles. The Kier molecular flexibility index (Phi) is 33.8. The lowest BCUT2D eigenvalue weighted by atomic mass is 9.73. The number of anilines is 2. The molecule has 2 amide bonds. The van der Waals surface area contributed by atoms with E-state index in [-0.39, 0.29) is 81.2 Å². The number of aliphatic hydroxyl groups excluding tert-OH is 2. The summed E-state index contributed by atoms with van der Waals surface area (Å²) in [6, 6.07) is 7.81. The predicted octanol–water partition coefficient (Wildman–Crippen LogP) is 9.02. The SMILES string of the molecule is C#Cc1cccc(N)n1.CC[C@H]1OC(=O)[C@@](C)(F)C(=O)[C@H](C)[C@@H](OC2OC(C)CC(N(C)C)C2O)[C@@](C)(OC)C[C@@H](C)C(=O)[C@H](C)[C@H]2N(CCCCN=[N+]=[N-])C(=O)O[C@]12C.CC[C@H]1OC(=O)[C@@](C)(F)C(=O)[C@H](C)[C@@H](OC2OC(C)CC(N(C)C)C2O)[C@@](C)(OC)C[C@@H](C)C(=O)[C@H](C)[C@H]2N(CCCCn3cc(-c4cccc(N)n4)nn3)C(=O)O[C@]12C. The summed E-state index contributed by atoms with van der Waals surface area (Å²) in [6.45, 7) is 25.7. The molecule has 668 valence electrons. The number of halogens is 2. The molecule has 0 spiro atoms. The highest BCUT2D eigenvalue weighted by Gasteiger charge is 2.65. The van der Waals surface area contributed by atoms with Crippen molar-refractivity contribution in [1.29, 1.82) is 0 Å². The lowest BCUT2D eigenvalue weighted by molar-refractivity contribution is -0.295. The quantitative estimate of drug-likeness (QED) is 0.0113. The number of terminal acetylenes is 1. The molecule has 26 atom stereocenters. The van der Waals surface area contributed by atoms with Crippen LogP contribution in [-0.2, 0) is 82.7 Å². The molecule has 3 aromatic rings. The maximum Gasteiger partial charge on any atom is 0.410 e. The van der Waals surface area contributed by atoms with E-state index in [0.29, 0.717) is 73.8 Å². The van der Waals surface area contributed by atoms with Gasteiger partial charge in [0.2, 0.25) is 0 Å². The lowest BCUT2D eigenvalue weighted by Crippen LogP contribution is -2.61. The van der Waals surface area contributed by atoms with Gasteiger partial charge in [0.15, 0.2) is 35.3 Å². The molecular weight excluding hydrogens is 1560 g/mol. The van der Waals surface area contributed by atoms with Crippen LogP contribution >= 0.6 is 0 Å². The first-order valence-corrected chi connectivity index (χ1v) is 41.3. The highest BCUT2D eigenvalue weighted by Crippen LogP contribution is 2.47. The normalized spacial score (nSPS) is 36.8. The average Bonchev–Trinajstić information content (AvgIpc) is 1.53. The Morgan fingerprint density at radius 1 is 0.617 bits per heavy atom. The van der Waals surface area contributed by atoms with Crippen LogP contribution < -0.4 is 11.5 Å². The van der Waals surface area contributed by atoms with Gasteiger partial charge < -0.3 is 88.6 Å². The molecule has 36 heteroatoms. The maximum atomic E-state index is 16.9. The Morgan fingerprint density at radius 2 is 1.02 bits per heavy atom. The number of nitrogen functional groups attached to an aromatic ring is 2. The van der Waals surface area contributed by atoms with Crippen molar-refractivity contribution in [2.75, 3.05) is 73.5 Å². The van der Waals surface area contributed by atoms with Gasteiger partial charge in [-0.05, 0) is 178 Å². The monoisotopic (exact) mass is 1690 g/mol. The molecule has 6 saturated heterocycles. The van der Waals surface area contributed by atoms with Crippen LogP contribution in [0.5, 0.6) is 0 Å². The highest BCUT2D eigenvalue weighted by molar-refractivity contribution is 6.08. The van der Waals surface area contributed by atoms with Gasteiger partial charge in [-0.1, -0.05) is 83.8 Å². The first kappa shape index (κ1) is 98.6. The Morgan fingerprint density at radius 3 is 1.40 bits per heavy atom. The minimum Gasteiger partial charge on any atom is -0.455 e. The van der Waals surface area contributed by atoms with Crippen LogP contribution in [0.15, 0.2) is 47.7 Å². The van der Waals surface area contributed by atoms with E-state index in [9.17, 15) is 48.6 Å². The van der Waals surface area contributed by atoms with Crippen molar-refractivity contribution >= 4 is 58.9 Å². The van der Waals surface area contributed by atoms with Crippen molar-refractivity contribution in [2.45, 2.75) is 301 Å². The van der Waals surface area contributed by atoms with Crippen LogP contribution in [0.4, 0.5) is 30.0 Å². The van der Waals surface area contributed by atoms with Gasteiger partial charge in [-0.15, -0.1) is 11.5 Å². The minimum atomic E-state index is -3.19. The molecule has 0 bridgehead atoms. The predicted molar refractivity (Wildman–Crippen MR) is 437 cm³/mol. The van der Waals surface area contributed by atoms with Crippen molar-refractivity contribution in [1.82, 2.24) is 44.6 Å². The number of nitrogens with zero attached hydrogens (tertiary/aromatic N) is 12. The van der Waals surface area contributed by atoms with Crippen LogP contribution in [0, 0.1) is 47.9 Å². The number of azide groups is 1. The number of Topliss-reactive ketones (excluding diaryl/α,β-unsaturated/α-hetero) is 4. The van der Waals surface area contributed by atoms with Gasteiger partial charge in [0.25, 0.3) is 11.3 Å². The number of carbonyl (C=O) groups is 8. The Hall–Kier alpha value is -8.47. The molecule has 8 unspecified atom stereocenters. The summed E-state index contributed by atoms with van der Waals surface area (Å²) in [5, 5.41) is 34.7. The number of hydrogen-bond donors (Lipinski definition) is 4. The fourth-order valence-electron chi connectivity index (χ4n) is 18.1. The number of nitrogens with two attached hydrogens (primary N) is 2. The van der Waals surface area contributed by atoms with E-state index >= 15 is 8.78 Å². The smallest absolute Gasteiger partial charge is 0.410 e. The minimum absolute atomic E-state index is 0.0144. The second kappa shape index (κ2) is 41.1. The fraction of sp³-hybridized carbons (Fsp3) is 0.738. The molecule has 6 N–H and O–H groups in total. The van der Waals surface area contributed by atoms with Gasteiger partial charge in [-0.2, -0.15) is 0 Å². The van der Waals surface area contributed by atoms with Crippen molar-refractivity contribution in [3.05, 3.63) is 58.7 Å². The summed E-state index contributed by atoms with van der Waals surface area (Å²) in [7, 11) is 10.0. The third kappa shape index (κ3) is 21.9. The molecule has 0 radical (unpaired) electrons. The Bertz CT molecular complexity index is 4150. The Balaban J connectivity index is 0.000000302. The number of carbonyl (C=O) groups excluding carboxylic acids is 8. The molecule has 6 aliphatic rings. The summed E-state index contributed by atoms with van der Waals surface area (Å²) in [6.07, 6.45) is -2.24. The van der Waals surface area contributed by atoms with Gasteiger partial charge in [0, 0.05) is 92.9 Å². The van der Waals surface area contributed by atoms with Gasteiger partial charge in [-0.3, -0.25) is 23.9 Å². The summed E-state index contributed by atoms with van der Waals surface area (Å²) >= 11 is 0. The summed E-state index contributed by atoms with van der Waals surface area (Å²) < 4.78 is 95.9. The maximum absolute atomic E-state index is 16.9. The van der Waals surface area contributed by atoms with Gasteiger partial charge in [0.05, 0.1) is 59.6 Å². The van der Waals surface area contributed by atoms with Crippen LogP contribution in [0.1, 0.15) is 181 Å². The van der Waals surface area contributed by atoms with Crippen LogP contribution in [0.25, 0.3) is 21.8 Å². The third-order valence-corrected chi connectivity index (χ3v) is 24.9. The zero-order valence-electron chi connectivity index (χ0n) is 73.6. The van der Waals surface area contributed by atoms with Gasteiger partial charge in [-0.25, -0.2) is 37.9 Å². The molecule has 6 aliphatic heterocycles. The number of ketones is 4. The molecule has 0 aliphatic carbocycles. The number of aromatic nitrogens is 5. The van der Waals surface area contributed by atoms with E-state index in [1.807, 2.05) is 51.8 Å². The molecule has 34 nitrogen and oxygen atoms in total.